The van der Waals surface area contributed by atoms with Crippen molar-refractivity contribution in [2.45, 2.75) is 17.7 Å². The van der Waals surface area contributed by atoms with Gasteiger partial charge in [-0.1, -0.05) is 12.2 Å². The fourth-order valence-corrected chi connectivity index (χ4v) is 3.26. The zero-order valence-electron chi connectivity index (χ0n) is 11.5. The van der Waals surface area contributed by atoms with Gasteiger partial charge in [-0.15, -0.1) is 0 Å². The summed E-state index contributed by atoms with van der Waals surface area (Å²) in [5.74, 6) is 0.913. The Morgan fingerprint density at radius 1 is 1.41 bits per heavy atom. The number of nitrogens with zero attached hydrogens (tertiary/aromatic N) is 2. The topological polar surface area (TPSA) is 128 Å². The average Bonchev–Trinajstić information content (AvgIpc) is 2.79. The van der Waals surface area contributed by atoms with Gasteiger partial charge in [-0.05, 0) is 30.9 Å². The molecular formula is C13H14N4O4S. The third kappa shape index (κ3) is 2.60. The molecule has 116 valence electrons. The van der Waals surface area contributed by atoms with Gasteiger partial charge in [0.25, 0.3) is 5.69 Å². The zero-order valence-corrected chi connectivity index (χ0v) is 12.3. The molecule has 2 aliphatic carbocycles. The molecule has 9 heteroatoms. The Morgan fingerprint density at radius 2 is 2.18 bits per heavy atom. The molecule has 22 heavy (non-hydrogen) atoms. The highest BCUT2D eigenvalue weighted by Gasteiger charge is 2.38. The van der Waals surface area contributed by atoms with Crippen LogP contribution in [0.3, 0.4) is 0 Å². The molecule has 1 fully saturated rings. The van der Waals surface area contributed by atoms with Crippen molar-refractivity contribution in [3.8, 4) is 0 Å². The summed E-state index contributed by atoms with van der Waals surface area (Å²) in [5.41, 5.74) is 3.40. The Labute approximate surface area is 126 Å². The van der Waals surface area contributed by atoms with E-state index in [2.05, 4.69) is 22.7 Å². The number of hydrogen-bond acceptors (Lipinski definition) is 6. The van der Waals surface area contributed by atoms with E-state index in [1.165, 1.54) is 12.1 Å². The van der Waals surface area contributed by atoms with E-state index < -0.39 is 14.9 Å². The molecule has 0 amide bonds. The van der Waals surface area contributed by atoms with Crippen LogP contribution in [0.2, 0.25) is 0 Å². The molecule has 0 radical (unpaired) electrons. The van der Waals surface area contributed by atoms with E-state index in [4.69, 9.17) is 5.14 Å². The standard InChI is InChI=1S/C13H14N4O4S/c14-22(20,21)9-4-5-11(13(7-9)17(18)19)15-16-12-6-8-2-1-3-10(8)12/h1-2,4-5,7-8,10,15H,3,6H2,(H2,14,20,21)/b16-12+. The maximum Gasteiger partial charge on any atom is 0.295 e. The van der Waals surface area contributed by atoms with Crippen molar-refractivity contribution in [1.29, 1.82) is 0 Å². The van der Waals surface area contributed by atoms with Crippen LogP contribution in [0.4, 0.5) is 11.4 Å². The number of allylic oxidation sites excluding steroid dienone is 2. The van der Waals surface area contributed by atoms with E-state index in [0.29, 0.717) is 11.8 Å². The van der Waals surface area contributed by atoms with Gasteiger partial charge in [-0.3, -0.25) is 15.5 Å². The molecule has 0 bridgehead atoms. The van der Waals surface area contributed by atoms with Gasteiger partial charge in [0.15, 0.2) is 0 Å². The molecule has 0 heterocycles. The lowest BCUT2D eigenvalue weighted by molar-refractivity contribution is -0.384. The molecule has 0 aliphatic heterocycles. The minimum Gasteiger partial charge on any atom is -0.272 e. The van der Waals surface area contributed by atoms with Crippen LogP contribution in [0.15, 0.2) is 40.3 Å². The molecular weight excluding hydrogens is 308 g/mol. The molecule has 0 saturated heterocycles. The Hall–Kier alpha value is -2.26. The minimum atomic E-state index is -3.99. The maximum atomic E-state index is 11.3. The number of sulfonamides is 1. The van der Waals surface area contributed by atoms with Crippen LogP contribution in [-0.2, 0) is 10.0 Å². The largest absolute Gasteiger partial charge is 0.295 e. The second kappa shape index (κ2) is 5.18. The molecule has 0 aromatic heterocycles. The average molecular weight is 322 g/mol. The highest BCUT2D eigenvalue weighted by atomic mass is 32.2. The number of anilines is 1. The van der Waals surface area contributed by atoms with Crippen molar-refractivity contribution >= 4 is 27.1 Å². The van der Waals surface area contributed by atoms with Crippen molar-refractivity contribution < 1.29 is 13.3 Å². The fraction of sp³-hybridized carbons (Fsp3) is 0.308. The molecule has 0 spiro atoms. The number of nitrogens with two attached hydrogens (primary N) is 1. The monoisotopic (exact) mass is 322 g/mol. The van der Waals surface area contributed by atoms with Gasteiger partial charge in [-0.25, -0.2) is 13.6 Å². The Kier molecular flexibility index (Phi) is 3.45. The quantitative estimate of drug-likeness (QED) is 0.494. The number of hydrazone groups is 1. The van der Waals surface area contributed by atoms with E-state index in [9.17, 15) is 18.5 Å². The Morgan fingerprint density at radius 3 is 2.82 bits per heavy atom. The van der Waals surface area contributed by atoms with Gasteiger partial charge in [-0.2, -0.15) is 5.10 Å². The van der Waals surface area contributed by atoms with Crippen LogP contribution in [0.25, 0.3) is 0 Å². The number of rotatable bonds is 4. The van der Waals surface area contributed by atoms with E-state index in [1.807, 2.05) is 0 Å². The summed E-state index contributed by atoms with van der Waals surface area (Å²) >= 11 is 0. The van der Waals surface area contributed by atoms with Gasteiger partial charge >= 0.3 is 0 Å². The third-order valence-electron chi connectivity index (χ3n) is 3.98. The van der Waals surface area contributed by atoms with E-state index in [0.717, 1.165) is 24.6 Å². The SMILES string of the molecule is NS(=O)(=O)c1ccc(N/N=C2\CC3C=CCC23)c([N+](=O)[O-])c1. The van der Waals surface area contributed by atoms with Crippen LogP contribution < -0.4 is 10.6 Å². The second-order valence-corrected chi connectivity index (χ2v) is 6.90. The molecule has 8 nitrogen and oxygen atoms in total. The van der Waals surface area contributed by atoms with Crippen LogP contribution in [0.5, 0.6) is 0 Å². The summed E-state index contributed by atoms with van der Waals surface area (Å²) in [4.78, 5) is 10.1. The molecule has 1 aromatic rings. The Balaban J connectivity index is 1.84. The Bertz CT molecular complexity index is 800. The normalized spacial score (nSPS) is 24.9. The maximum absolute atomic E-state index is 11.3. The van der Waals surface area contributed by atoms with Gasteiger partial charge in [0.05, 0.1) is 9.82 Å². The third-order valence-corrected chi connectivity index (χ3v) is 4.89. The van der Waals surface area contributed by atoms with Crippen LogP contribution in [-0.4, -0.2) is 19.1 Å². The molecule has 1 aromatic carbocycles. The summed E-state index contributed by atoms with van der Waals surface area (Å²) in [6.45, 7) is 0. The summed E-state index contributed by atoms with van der Waals surface area (Å²) < 4.78 is 22.5. The van der Waals surface area contributed by atoms with Crippen molar-refractivity contribution in [1.82, 2.24) is 0 Å². The zero-order chi connectivity index (χ0) is 15.9. The van der Waals surface area contributed by atoms with E-state index >= 15 is 0 Å². The molecule has 2 unspecified atom stereocenters. The fourth-order valence-electron chi connectivity index (χ4n) is 2.73. The minimum absolute atomic E-state index is 0.138. The predicted molar refractivity (Wildman–Crippen MR) is 80.9 cm³/mol. The van der Waals surface area contributed by atoms with Crippen molar-refractivity contribution in [3.05, 3.63) is 40.5 Å². The summed E-state index contributed by atoms with van der Waals surface area (Å²) in [5, 5.41) is 20.3. The predicted octanol–water partition coefficient (Wildman–Crippen LogP) is 1.61. The van der Waals surface area contributed by atoms with E-state index in [1.54, 1.807) is 0 Å². The number of nitrogens with one attached hydrogen (secondary N) is 1. The molecule has 1 saturated carbocycles. The highest BCUT2D eigenvalue weighted by Crippen LogP contribution is 2.40. The smallest absolute Gasteiger partial charge is 0.272 e. The van der Waals surface area contributed by atoms with Gasteiger partial charge in [0.1, 0.15) is 5.69 Å². The first-order valence-electron chi connectivity index (χ1n) is 6.66. The number of hydrogen-bond donors (Lipinski definition) is 2. The van der Waals surface area contributed by atoms with Crippen LogP contribution >= 0.6 is 0 Å². The van der Waals surface area contributed by atoms with Crippen molar-refractivity contribution in [2.75, 3.05) is 5.43 Å². The molecule has 3 N–H and O–H groups in total. The van der Waals surface area contributed by atoms with Crippen LogP contribution in [0.1, 0.15) is 12.8 Å². The van der Waals surface area contributed by atoms with Crippen molar-refractivity contribution in [2.24, 2.45) is 22.1 Å². The summed E-state index contributed by atoms with van der Waals surface area (Å²) in [7, 11) is -3.99. The van der Waals surface area contributed by atoms with Crippen LogP contribution in [0, 0.1) is 22.0 Å². The lowest BCUT2D eigenvalue weighted by Crippen LogP contribution is -2.33. The molecule has 2 aliphatic rings. The molecule has 3 rings (SSSR count). The van der Waals surface area contributed by atoms with E-state index in [-0.39, 0.29) is 16.3 Å². The van der Waals surface area contributed by atoms with Gasteiger partial charge in [0, 0.05) is 17.7 Å². The number of benzene rings is 1. The number of primary sulfonamides is 1. The summed E-state index contributed by atoms with van der Waals surface area (Å²) in [6, 6.07) is 3.44. The van der Waals surface area contributed by atoms with Gasteiger partial charge < -0.3 is 0 Å². The molecule has 2 atom stereocenters. The number of nitro benzene ring substituents is 1. The highest BCUT2D eigenvalue weighted by molar-refractivity contribution is 7.89. The number of fused-ring (bicyclic) bond motifs is 1. The van der Waals surface area contributed by atoms with Gasteiger partial charge in [0.2, 0.25) is 10.0 Å². The lowest BCUT2D eigenvalue weighted by atomic mass is 9.74. The first-order chi connectivity index (χ1) is 10.4. The summed E-state index contributed by atoms with van der Waals surface area (Å²) in [6.07, 6.45) is 6.06. The lowest BCUT2D eigenvalue weighted by Gasteiger charge is -2.31. The first kappa shape index (κ1) is 14.7. The number of nitro groups is 1. The second-order valence-electron chi connectivity index (χ2n) is 5.33. The first-order valence-corrected chi connectivity index (χ1v) is 8.21. The van der Waals surface area contributed by atoms with Crippen molar-refractivity contribution in [3.63, 3.8) is 0 Å².